The van der Waals surface area contributed by atoms with E-state index in [0.717, 1.165) is 16.9 Å². The Balaban J connectivity index is 1.81. The summed E-state index contributed by atoms with van der Waals surface area (Å²) >= 11 is 0. The highest BCUT2D eigenvalue weighted by molar-refractivity contribution is 6.11. The van der Waals surface area contributed by atoms with E-state index in [-0.39, 0.29) is 5.70 Å². The minimum atomic E-state index is -0.450. The first-order valence-corrected chi connectivity index (χ1v) is 7.15. The number of ether oxygens (including phenoxy) is 2. The van der Waals surface area contributed by atoms with Crippen LogP contribution in [0.5, 0.6) is 5.75 Å². The van der Waals surface area contributed by atoms with Gasteiger partial charge in [-0.2, -0.15) is 0 Å². The maximum Gasteiger partial charge on any atom is 0.363 e. The highest BCUT2D eigenvalue weighted by atomic mass is 16.6. The molecule has 1 aliphatic rings. The standard InChI is InChI=1S/C19H15NO3/c1-22-17-13-6-5-8-14(17)11-7-12-16-19(21)23-18(20-16)15-9-3-2-4-10-15/h2-13H,1H3. The van der Waals surface area contributed by atoms with E-state index in [2.05, 4.69) is 4.99 Å². The normalized spacial score (nSPS) is 15.8. The summed E-state index contributed by atoms with van der Waals surface area (Å²) in [6.45, 7) is 0. The molecule has 1 aliphatic heterocycles. The van der Waals surface area contributed by atoms with E-state index in [9.17, 15) is 4.79 Å². The Bertz CT molecular complexity index is 804. The number of carbonyl (C=O) groups excluding carboxylic acids is 1. The number of carbonyl (C=O) groups is 1. The molecular weight excluding hydrogens is 290 g/mol. The number of cyclic esters (lactones) is 1. The van der Waals surface area contributed by atoms with Crippen molar-refractivity contribution in [1.82, 2.24) is 0 Å². The Kier molecular flexibility index (Phi) is 4.34. The molecule has 3 rings (SSSR count). The monoisotopic (exact) mass is 305 g/mol. The summed E-state index contributed by atoms with van der Waals surface area (Å²) < 4.78 is 10.5. The fraction of sp³-hybridized carbons (Fsp3) is 0.0526. The quantitative estimate of drug-likeness (QED) is 0.640. The zero-order valence-electron chi connectivity index (χ0n) is 12.6. The van der Waals surface area contributed by atoms with Crippen molar-refractivity contribution in [2.24, 2.45) is 4.99 Å². The molecule has 0 radical (unpaired) electrons. The second kappa shape index (κ2) is 6.75. The number of methoxy groups -OCH3 is 1. The fourth-order valence-corrected chi connectivity index (χ4v) is 2.17. The minimum Gasteiger partial charge on any atom is -0.496 e. The van der Waals surface area contributed by atoms with Crippen molar-refractivity contribution in [2.45, 2.75) is 0 Å². The Hall–Kier alpha value is -3.14. The van der Waals surface area contributed by atoms with Gasteiger partial charge in [0.15, 0.2) is 5.70 Å². The Morgan fingerprint density at radius 2 is 1.78 bits per heavy atom. The van der Waals surface area contributed by atoms with Crippen LogP contribution in [0.2, 0.25) is 0 Å². The predicted octanol–water partition coefficient (Wildman–Crippen LogP) is 3.60. The Labute approximate surface area is 134 Å². The summed E-state index contributed by atoms with van der Waals surface area (Å²) in [7, 11) is 1.62. The van der Waals surface area contributed by atoms with E-state index in [4.69, 9.17) is 9.47 Å². The average molecular weight is 305 g/mol. The van der Waals surface area contributed by atoms with Crippen molar-refractivity contribution < 1.29 is 14.3 Å². The van der Waals surface area contributed by atoms with Crippen molar-refractivity contribution in [1.29, 1.82) is 0 Å². The maximum absolute atomic E-state index is 11.9. The number of hydrogen-bond donors (Lipinski definition) is 0. The zero-order valence-corrected chi connectivity index (χ0v) is 12.6. The minimum absolute atomic E-state index is 0.273. The third kappa shape index (κ3) is 3.37. The molecule has 0 atom stereocenters. The van der Waals surface area contributed by atoms with Gasteiger partial charge >= 0.3 is 5.97 Å². The molecule has 0 bridgehead atoms. The van der Waals surface area contributed by atoms with Gasteiger partial charge in [-0.25, -0.2) is 9.79 Å². The molecule has 1 heterocycles. The summed E-state index contributed by atoms with van der Waals surface area (Å²) in [4.78, 5) is 16.1. The summed E-state index contributed by atoms with van der Waals surface area (Å²) in [6.07, 6.45) is 5.24. The first kappa shape index (κ1) is 14.8. The number of benzene rings is 2. The molecule has 0 saturated carbocycles. The van der Waals surface area contributed by atoms with Gasteiger partial charge in [0.05, 0.1) is 7.11 Å². The van der Waals surface area contributed by atoms with Crippen LogP contribution in [0.1, 0.15) is 11.1 Å². The van der Waals surface area contributed by atoms with Crippen LogP contribution >= 0.6 is 0 Å². The summed E-state index contributed by atoms with van der Waals surface area (Å²) in [5.41, 5.74) is 1.97. The molecule has 2 aromatic carbocycles. The van der Waals surface area contributed by atoms with E-state index in [1.165, 1.54) is 0 Å². The highest BCUT2D eigenvalue weighted by Gasteiger charge is 2.23. The molecule has 2 aromatic rings. The lowest BCUT2D eigenvalue weighted by Crippen LogP contribution is -2.04. The van der Waals surface area contributed by atoms with Crippen LogP contribution in [0.15, 0.2) is 77.4 Å². The van der Waals surface area contributed by atoms with Crippen molar-refractivity contribution in [3.05, 3.63) is 83.6 Å². The average Bonchev–Trinajstić information content (AvgIpc) is 2.97. The fourth-order valence-electron chi connectivity index (χ4n) is 2.17. The van der Waals surface area contributed by atoms with Crippen molar-refractivity contribution >= 4 is 17.9 Å². The molecule has 0 aliphatic carbocycles. The molecule has 0 spiro atoms. The van der Waals surface area contributed by atoms with Gasteiger partial charge in [-0.1, -0.05) is 48.6 Å². The van der Waals surface area contributed by atoms with Crippen molar-refractivity contribution in [3.63, 3.8) is 0 Å². The number of hydrogen-bond acceptors (Lipinski definition) is 4. The second-order valence-corrected chi connectivity index (χ2v) is 4.83. The molecule has 0 fully saturated rings. The van der Waals surface area contributed by atoms with Crippen LogP contribution in [0, 0.1) is 0 Å². The summed E-state index contributed by atoms with van der Waals surface area (Å²) in [5, 5.41) is 0. The maximum atomic E-state index is 11.9. The number of para-hydroxylation sites is 1. The smallest absolute Gasteiger partial charge is 0.363 e. The zero-order chi connectivity index (χ0) is 16.1. The molecule has 114 valence electrons. The molecule has 0 saturated heterocycles. The van der Waals surface area contributed by atoms with Crippen LogP contribution in [0.4, 0.5) is 0 Å². The summed E-state index contributed by atoms with van der Waals surface area (Å²) in [5.74, 6) is 0.644. The second-order valence-electron chi connectivity index (χ2n) is 4.83. The third-order valence-electron chi connectivity index (χ3n) is 3.31. The van der Waals surface area contributed by atoms with Crippen LogP contribution in [-0.2, 0) is 9.53 Å². The molecule has 4 heteroatoms. The van der Waals surface area contributed by atoms with Gasteiger partial charge in [0.2, 0.25) is 5.90 Å². The van der Waals surface area contributed by atoms with Gasteiger partial charge in [-0.05, 0) is 24.3 Å². The van der Waals surface area contributed by atoms with E-state index < -0.39 is 5.97 Å². The van der Waals surface area contributed by atoms with Gasteiger partial charge in [-0.3, -0.25) is 0 Å². The van der Waals surface area contributed by atoms with Crippen LogP contribution < -0.4 is 4.74 Å². The van der Waals surface area contributed by atoms with E-state index >= 15 is 0 Å². The lowest BCUT2D eigenvalue weighted by molar-refractivity contribution is -0.130. The van der Waals surface area contributed by atoms with Crippen LogP contribution in [-0.4, -0.2) is 19.0 Å². The van der Waals surface area contributed by atoms with Gasteiger partial charge in [0, 0.05) is 11.1 Å². The van der Waals surface area contributed by atoms with Crippen molar-refractivity contribution in [2.75, 3.05) is 7.11 Å². The number of aliphatic imine (C=N–C) groups is 1. The Morgan fingerprint density at radius 3 is 2.57 bits per heavy atom. The van der Waals surface area contributed by atoms with Crippen LogP contribution in [0.3, 0.4) is 0 Å². The largest absolute Gasteiger partial charge is 0.496 e. The van der Waals surface area contributed by atoms with Crippen LogP contribution in [0.25, 0.3) is 6.08 Å². The SMILES string of the molecule is COc1ccccc1C=CC=C1N=C(c2ccccc2)OC1=O. The molecular formula is C19H15NO3. The molecule has 0 unspecified atom stereocenters. The number of rotatable bonds is 4. The molecule has 4 nitrogen and oxygen atoms in total. The molecule has 23 heavy (non-hydrogen) atoms. The summed E-state index contributed by atoms with van der Waals surface area (Å²) in [6, 6.07) is 17.0. The van der Waals surface area contributed by atoms with E-state index in [0.29, 0.717) is 5.90 Å². The highest BCUT2D eigenvalue weighted by Crippen LogP contribution is 2.20. The lowest BCUT2D eigenvalue weighted by Gasteiger charge is -2.02. The molecule has 0 amide bonds. The van der Waals surface area contributed by atoms with Crippen molar-refractivity contribution in [3.8, 4) is 5.75 Å². The third-order valence-corrected chi connectivity index (χ3v) is 3.31. The van der Waals surface area contributed by atoms with Gasteiger partial charge < -0.3 is 9.47 Å². The van der Waals surface area contributed by atoms with E-state index in [1.807, 2.05) is 60.7 Å². The number of nitrogens with zero attached hydrogens (tertiary/aromatic N) is 1. The first-order valence-electron chi connectivity index (χ1n) is 7.15. The van der Waals surface area contributed by atoms with E-state index in [1.54, 1.807) is 19.3 Å². The lowest BCUT2D eigenvalue weighted by atomic mass is 10.2. The topological polar surface area (TPSA) is 47.9 Å². The first-order chi connectivity index (χ1) is 11.3. The molecule has 0 aromatic heterocycles. The van der Waals surface area contributed by atoms with Gasteiger partial charge in [0.25, 0.3) is 0 Å². The van der Waals surface area contributed by atoms with Gasteiger partial charge in [-0.15, -0.1) is 0 Å². The predicted molar refractivity (Wildman–Crippen MR) is 89.2 cm³/mol. The number of allylic oxidation sites excluding steroid dienone is 2. The number of esters is 1. The Morgan fingerprint density at radius 1 is 1.04 bits per heavy atom. The van der Waals surface area contributed by atoms with Gasteiger partial charge in [0.1, 0.15) is 5.75 Å². The molecule has 0 N–H and O–H groups in total.